The molecule has 0 aromatic heterocycles. The van der Waals surface area contributed by atoms with Gasteiger partial charge in [-0.1, -0.05) is 6.07 Å². The Balaban J connectivity index is 2.01. The molecule has 3 nitrogen and oxygen atoms in total. The Labute approximate surface area is 107 Å². The van der Waals surface area contributed by atoms with Crippen LogP contribution in [0.25, 0.3) is 0 Å². The maximum atomic E-state index is 13.7. The van der Waals surface area contributed by atoms with Gasteiger partial charge in [-0.2, -0.15) is 0 Å². The summed E-state index contributed by atoms with van der Waals surface area (Å²) in [6.07, 6.45) is 1.90. The van der Waals surface area contributed by atoms with Crippen molar-refractivity contribution in [2.24, 2.45) is 11.7 Å². The van der Waals surface area contributed by atoms with Crippen molar-refractivity contribution in [1.29, 1.82) is 0 Å². The van der Waals surface area contributed by atoms with Gasteiger partial charge >= 0.3 is 0 Å². The molecule has 0 bridgehead atoms. The van der Waals surface area contributed by atoms with Gasteiger partial charge in [0.15, 0.2) is 0 Å². The molecule has 0 aliphatic heterocycles. The van der Waals surface area contributed by atoms with Gasteiger partial charge in [0.25, 0.3) is 5.91 Å². The van der Waals surface area contributed by atoms with E-state index in [9.17, 15) is 9.18 Å². The highest BCUT2D eigenvalue weighted by molar-refractivity contribution is 5.94. The van der Waals surface area contributed by atoms with Crippen LogP contribution in [0.1, 0.15) is 28.8 Å². The minimum atomic E-state index is -0.447. The van der Waals surface area contributed by atoms with Gasteiger partial charge in [0.05, 0.1) is 5.56 Å². The quantitative estimate of drug-likeness (QED) is 0.891. The van der Waals surface area contributed by atoms with Crippen LogP contribution in [0, 0.1) is 18.7 Å². The third-order valence-corrected chi connectivity index (χ3v) is 3.51. The number of carbonyl (C=O) groups is 1. The van der Waals surface area contributed by atoms with E-state index < -0.39 is 5.82 Å². The monoisotopic (exact) mass is 250 g/mol. The molecule has 1 aliphatic rings. The number of carbonyl (C=O) groups excluding carboxylic acids is 1. The highest BCUT2D eigenvalue weighted by Crippen LogP contribution is 2.26. The van der Waals surface area contributed by atoms with Gasteiger partial charge in [-0.05, 0) is 43.4 Å². The van der Waals surface area contributed by atoms with E-state index in [2.05, 4.69) is 0 Å². The first-order valence-corrected chi connectivity index (χ1v) is 6.24. The Morgan fingerprint density at radius 3 is 2.72 bits per heavy atom. The summed E-state index contributed by atoms with van der Waals surface area (Å²) in [4.78, 5) is 13.7. The third kappa shape index (κ3) is 2.70. The number of benzene rings is 1. The Kier molecular flexibility index (Phi) is 3.66. The number of hydrogen-bond donors (Lipinski definition) is 1. The summed E-state index contributed by atoms with van der Waals surface area (Å²) < 4.78 is 13.7. The molecule has 98 valence electrons. The van der Waals surface area contributed by atoms with Crippen LogP contribution in [0.2, 0.25) is 0 Å². The maximum Gasteiger partial charge on any atom is 0.256 e. The zero-order chi connectivity index (χ0) is 13.3. The summed E-state index contributed by atoms with van der Waals surface area (Å²) in [6, 6.07) is 4.97. The molecular weight excluding hydrogens is 231 g/mol. The summed E-state index contributed by atoms with van der Waals surface area (Å²) in [6.45, 7) is 2.46. The Morgan fingerprint density at radius 2 is 2.17 bits per heavy atom. The first-order chi connectivity index (χ1) is 8.47. The van der Waals surface area contributed by atoms with Crippen molar-refractivity contribution < 1.29 is 9.18 Å². The summed E-state index contributed by atoms with van der Waals surface area (Å²) in [5.41, 5.74) is 6.67. The van der Waals surface area contributed by atoms with Crippen LogP contribution in [-0.4, -0.2) is 30.4 Å². The van der Waals surface area contributed by atoms with Gasteiger partial charge < -0.3 is 10.6 Å². The molecular formula is C14H19FN2O. The van der Waals surface area contributed by atoms with Crippen molar-refractivity contribution in [3.8, 4) is 0 Å². The Hall–Kier alpha value is -1.42. The standard InChI is InChI=1S/C14H19FN2O/c1-9-3-4-12(13(15)5-9)14(18)17(2)8-10-6-11(16)7-10/h3-5,10-11H,6-8,16H2,1-2H3. The molecule has 0 spiro atoms. The van der Waals surface area contributed by atoms with Gasteiger partial charge in [-0.15, -0.1) is 0 Å². The normalized spacial score (nSPS) is 22.4. The van der Waals surface area contributed by atoms with E-state index in [1.165, 1.54) is 6.07 Å². The van der Waals surface area contributed by atoms with E-state index in [1.54, 1.807) is 31.0 Å². The molecule has 1 aromatic rings. The molecule has 1 fully saturated rings. The fraction of sp³-hybridized carbons (Fsp3) is 0.500. The molecule has 1 amide bonds. The lowest BCUT2D eigenvalue weighted by atomic mass is 9.80. The van der Waals surface area contributed by atoms with Gasteiger partial charge in [0.2, 0.25) is 0 Å². The lowest BCUT2D eigenvalue weighted by Crippen LogP contribution is -2.43. The molecule has 18 heavy (non-hydrogen) atoms. The van der Waals surface area contributed by atoms with Crippen molar-refractivity contribution in [3.63, 3.8) is 0 Å². The lowest BCUT2D eigenvalue weighted by molar-refractivity contribution is 0.0729. The van der Waals surface area contributed by atoms with Crippen LogP contribution in [-0.2, 0) is 0 Å². The maximum absolute atomic E-state index is 13.7. The molecule has 0 atom stereocenters. The van der Waals surface area contributed by atoms with E-state index in [1.807, 2.05) is 0 Å². The summed E-state index contributed by atoms with van der Waals surface area (Å²) in [5.74, 6) is -0.243. The van der Waals surface area contributed by atoms with Gasteiger partial charge in [0.1, 0.15) is 5.82 Å². The molecule has 0 radical (unpaired) electrons. The molecule has 4 heteroatoms. The SMILES string of the molecule is Cc1ccc(C(=O)N(C)CC2CC(N)C2)c(F)c1. The van der Waals surface area contributed by atoms with Crippen molar-refractivity contribution in [2.45, 2.75) is 25.8 Å². The zero-order valence-corrected chi connectivity index (χ0v) is 10.8. The minimum Gasteiger partial charge on any atom is -0.341 e. The fourth-order valence-electron chi connectivity index (χ4n) is 2.41. The second-order valence-corrected chi connectivity index (χ2v) is 5.27. The number of halogens is 1. The topological polar surface area (TPSA) is 46.3 Å². The Bertz CT molecular complexity index is 455. The Morgan fingerprint density at radius 1 is 1.50 bits per heavy atom. The summed E-state index contributed by atoms with van der Waals surface area (Å²) >= 11 is 0. The van der Waals surface area contributed by atoms with Crippen LogP contribution < -0.4 is 5.73 Å². The lowest BCUT2D eigenvalue weighted by Gasteiger charge is -2.35. The predicted octanol–water partition coefficient (Wildman–Crippen LogP) is 1.94. The van der Waals surface area contributed by atoms with Crippen LogP contribution in [0.4, 0.5) is 4.39 Å². The second kappa shape index (κ2) is 5.06. The van der Waals surface area contributed by atoms with Gasteiger partial charge in [-0.3, -0.25) is 4.79 Å². The third-order valence-electron chi connectivity index (χ3n) is 3.51. The number of amides is 1. The first kappa shape index (κ1) is 13.0. The smallest absolute Gasteiger partial charge is 0.256 e. The van der Waals surface area contributed by atoms with Crippen LogP contribution in [0.15, 0.2) is 18.2 Å². The van der Waals surface area contributed by atoms with E-state index in [-0.39, 0.29) is 17.5 Å². The molecule has 2 N–H and O–H groups in total. The number of nitrogens with zero attached hydrogens (tertiary/aromatic N) is 1. The molecule has 1 aliphatic carbocycles. The number of aryl methyl sites for hydroxylation is 1. The van der Waals surface area contributed by atoms with Gasteiger partial charge in [-0.25, -0.2) is 4.39 Å². The molecule has 0 unspecified atom stereocenters. The summed E-state index contributed by atoms with van der Waals surface area (Å²) in [5, 5.41) is 0. The highest BCUT2D eigenvalue weighted by atomic mass is 19.1. The molecule has 1 saturated carbocycles. The predicted molar refractivity (Wildman–Crippen MR) is 68.8 cm³/mol. The average molecular weight is 250 g/mol. The van der Waals surface area contributed by atoms with Crippen molar-refractivity contribution in [2.75, 3.05) is 13.6 Å². The number of rotatable bonds is 3. The largest absolute Gasteiger partial charge is 0.341 e. The highest BCUT2D eigenvalue weighted by Gasteiger charge is 2.28. The van der Waals surface area contributed by atoms with E-state index in [4.69, 9.17) is 5.73 Å². The molecule has 0 heterocycles. The van der Waals surface area contributed by atoms with Gasteiger partial charge in [0, 0.05) is 19.6 Å². The number of nitrogens with two attached hydrogens (primary N) is 1. The fourth-order valence-corrected chi connectivity index (χ4v) is 2.41. The summed E-state index contributed by atoms with van der Waals surface area (Å²) in [7, 11) is 1.71. The first-order valence-electron chi connectivity index (χ1n) is 6.24. The van der Waals surface area contributed by atoms with Crippen molar-refractivity contribution in [3.05, 3.63) is 35.1 Å². The van der Waals surface area contributed by atoms with Crippen molar-refractivity contribution in [1.82, 2.24) is 4.90 Å². The molecule has 0 saturated heterocycles. The van der Waals surface area contributed by atoms with E-state index in [0.717, 1.165) is 18.4 Å². The van der Waals surface area contributed by atoms with Crippen LogP contribution >= 0.6 is 0 Å². The average Bonchev–Trinajstić information content (AvgIpc) is 2.26. The molecule has 1 aromatic carbocycles. The van der Waals surface area contributed by atoms with Crippen LogP contribution in [0.5, 0.6) is 0 Å². The molecule has 2 rings (SSSR count). The zero-order valence-electron chi connectivity index (χ0n) is 10.8. The minimum absolute atomic E-state index is 0.145. The second-order valence-electron chi connectivity index (χ2n) is 5.27. The number of hydrogen-bond acceptors (Lipinski definition) is 2. The van der Waals surface area contributed by atoms with E-state index in [0.29, 0.717) is 12.5 Å². The van der Waals surface area contributed by atoms with Crippen LogP contribution in [0.3, 0.4) is 0 Å². The van der Waals surface area contributed by atoms with Crippen molar-refractivity contribution >= 4 is 5.91 Å². The van der Waals surface area contributed by atoms with E-state index >= 15 is 0 Å².